The number of carbonyl (C=O) groups excluding carboxylic acids is 1. The molecule has 0 aromatic carbocycles. The minimum absolute atomic E-state index is 0.999. The molecule has 0 N–H and O–H groups in total. The van der Waals surface area contributed by atoms with E-state index in [1.165, 1.54) is 141 Å². The molecular weight excluding hydrogens is 364 g/mol. The van der Waals surface area contributed by atoms with Gasteiger partial charge in [-0.25, -0.2) is 0 Å². The maximum atomic E-state index is 11.3. The van der Waals surface area contributed by atoms with Crippen LogP contribution in [0.15, 0.2) is 11.6 Å². The predicted octanol–water partition coefficient (Wildman–Crippen LogP) is 10.5. The van der Waals surface area contributed by atoms with Crippen LogP contribution in [0.1, 0.15) is 168 Å². The van der Waals surface area contributed by atoms with Gasteiger partial charge in [-0.1, -0.05) is 148 Å². The van der Waals surface area contributed by atoms with Gasteiger partial charge in [0.1, 0.15) is 6.29 Å². The summed E-state index contributed by atoms with van der Waals surface area (Å²) in [7, 11) is 0. The van der Waals surface area contributed by atoms with Crippen molar-refractivity contribution in [2.75, 3.05) is 0 Å². The number of carbonyl (C=O) groups is 1. The van der Waals surface area contributed by atoms with Gasteiger partial charge in [0.05, 0.1) is 0 Å². The predicted molar refractivity (Wildman–Crippen MR) is 136 cm³/mol. The second kappa shape index (κ2) is 26.4. The van der Waals surface area contributed by atoms with Gasteiger partial charge in [0.15, 0.2) is 0 Å². The van der Waals surface area contributed by atoms with Crippen LogP contribution in [0.5, 0.6) is 0 Å². The highest BCUT2D eigenvalue weighted by Gasteiger charge is 1.98. The summed E-state index contributed by atoms with van der Waals surface area (Å²) in [6.45, 7) is 4.57. The number of hydrogen-bond donors (Lipinski definition) is 0. The Hall–Kier alpha value is -0.590. The molecule has 0 aromatic rings. The number of aldehydes is 1. The summed E-state index contributed by atoms with van der Waals surface area (Å²) < 4.78 is 0. The zero-order chi connectivity index (χ0) is 22.0. The quantitative estimate of drug-likeness (QED) is 0.0815. The first-order valence-electron chi connectivity index (χ1n) is 14.0. The van der Waals surface area contributed by atoms with Gasteiger partial charge in [-0.15, -0.1) is 0 Å². The second-order valence-corrected chi connectivity index (χ2v) is 9.51. The molecular formula is C29H56O. The molecule has 178 valence electrons. The van der Waals surface area contributed by atoms with Gasteiger partial charge in [0, 0.05) is 0 Å². The van der Waals surface area contributed by atoms with Crippen LogP contribution in [-0.4, -0.2) is 6.29 Å². The highest BCUT2D eigenvalue weighted by molar-refractivity contribution is 5.72. The van der Waals surface area contributed by atoms with Crippen LogP contribution in [0, 0.1) is 0 Å². The fourth-order valence-electron chi connectivity index (χ4n) is 4.30. The first-order valence-corrected chi connectivity index (χ1v) is 14.0. The van der Waals surface area contributed by atoms with E-state index < -0.39 is 0 Å². The van der Waals surface area contributed by atoms with Crippen molar-refractivity contribution in [1.29, 1.82) is 0 Å². The minimum atomic E-state index is 0.999. The number of rotatable bonds is 25. The zero-order valence-corrected chi connectivity index (χ0v) is 21.0. The van der Waals surface area contributed by atoms with Crippen molar-refractivity contribution in [1.82, 2.24) is 0 Å². The Kier molecular flexibility index (Phi) is 25.9. The van der Waals surface area contributed by atoms with Crippen LogP contribution in [0.2, 0.25) is 0 Å². The summed E-state index contributed by atoms with van der Waals surface area (Å²) in [6.07, 6.45) is 35.8. The Morgan fingerprint density at radius 2 is 0.800 bits per heavy atom. The maximum Gasteiger partial charge on any atom is 0.145 e. The highest BCUT2D eigenvalue weighted by Crippen LogP contribution is 2.15. The summed E-state index contributed by atoms with van der Waals surface area (Å²) in [5.41, 5.74) is 1.05. The first kappa shape index (κ1) is 29.4. The summed E-state index contributed by atoms with van der Waals surface area (Å²) >= 11 is 0. The van der Waals surface area contributed by atoms with Crippen LogP contribution < -0.4 is 0 Å². The highest BCUT2D eigenvalue weighted by atomic mass is 16.1. The monoisotopic (exact) mass is 420 g/mol. The van der Waals surface area contributed by atoms with E-state index in [0.717, 1.165) is 24.7 Å². The molecule has 0 unspecified atom stereocenters. The zero-order valence-electron chi connectivity index (χ0n) is 21.0. The molecule has 0 saturated heterocycles. The van der Waals surface area contributed by atoms with E-state index in [-0.39, 0.29) is 0 Å². The molecule has 0 spiro atoms. The van der Waals surface area contributed by atoms with Crippen LogP contribution in [0.3, 0.4) is 0 Å². The van der Waals surface area contributed by atoms with Crippen molar-refractivity contribution in [3.05, 3.63) is 11.6 Å². The van der Waals surface area contributed by atoms with Gasteiger partial charge in [-0.3, -0.25) is 4.79 Å². The first-order chi connectivity index (χ1) is 14.8. The average Bonchev–Trinajstić information content (AvgIpc) is 2.76. The number of allylic oxidation sites excluding steroid dienone is 2. The third-order valence-corrected chi connectivity index (χ3v) is 6.43. The summed E-state index contributed by atoms with van der Waals surface area (Å²) in [6, 6.07) is 0. The molecule has 0 aliphatic heterocycles. The van der Waals surface area contributed by atoms with Crippen molar-refractivity contribution in [3.63, 3.8) is 0 Å². The lowest BCUT2D eigenvalue weighted by Crippen LogP contribution is -1.88. The smallest absolute Gasteiger partial charge is 0.145 e. The van der Waals surface area contributed by atoms with Gasteiger partial charge >= 0.3 is 0 Å². The Balaban J connectivity index is 3.38. The standard InChI is InChI=1S/C29H56O/c1-3-5-7-9-11-13-15-17-19-21-23-25-27-29(28-30)26-24-22-20-18-16-14-12-10-8-6-4-2/h27-28H,3-26H2,1-2H3. The number of hydrogen-bond acceptors (Lipinski definition) is 1. The molecule has 0 aromatic heterocycles. The Morgan fingerprint density at radius 3 is 1.17 bits per heavy atom. The van der Waals surface area contributed by atoms with Crippen LogP contribution in [-0.2, 0) is 4.79 Å². The lowest BCUT2D eigenvalue weighted by Gasteiger charge is -2.04. The molecule has 0 atom stereocenters. The van der Waals surface area contributed by atoms with Crippen molar-refractivity contribution in [3.8, 4) is 0 Å². The molecule has 0 heterocycles. The van der Waals surface area contributed by atoms with Gasteiger partial charge in [0.2, 0.25) is 0 Å². The largest absolute Gasteiger partial charge is 0.298 e. The van der Waals surface area contributed by atoms with Gasteiger partial charge in [-0.05, 0) is 31.3 Å². The average molecular weight is 421 g/mol. The molecule has 0 bridgehead atoms. The molecule has 0 amide bonds. The molecule has 0 fully saturated rings. The number of unbranched alkanes of at least 4 members (excludes halogenated alkanes) is 21. The van der Waals surface area contributed by atoms with Crippen LogP contribution >= 0.6 is 0 Å². The van der Waals surface area contributed by atoms with Crippen LogP contribution in [0.4, 0.5) is 0 Å². The molecule has 0 rings (SSSR count). The Bertz CT molecular complexity index is 357. The lowest BCUT2D eigenvalue weighted by atomic mass is 10.0. The Morgan fingerprint density at radius 1 is 0.467 bits per heavy atom. The van der Waals surface area contributed by atoms with E-state index in [9.17, 15) is 4.79 Å². The van der Waals surface area contributed by atoms with Crippen molar-refractivity contribution >= 4 is 6.29 Å². The van der Waals surface area contributed by atoms with E-state index in [2.05, 4.69) is 19.9 Å². The SMILES string of the molecule is CCCCCCCCCCCCCC=C(C=O)CCCCCCCCCCCCC. The van der Waals surface area contributed by atoms with E-state index in [1.54, 1.807) is 0 Å². The van der Waals surface area contributed by atoms with Crippen molar-refractivity contribution < 1.29 is 4.79 Å². The normalized spacial score (nSPS) is 11.9. The van der Waals surface area contributed by atoms with E-state index in [1.807, 2.05) is 0 Å². The molecule has 1 heteroatoms. The Labute approximate surface area is 190 Å². The van der Waals surface area contributed by atoms with E-state index >= 15 is 0 Å². The molecule has 0 saturated carbocycles. The van der Waals surface area contributed by atoms with E-state index in [0.29, 0.717) is 0 Å². The summed E-state index contributed by atoms with van der Waals surface area (Å²) in [5, 5.41) is 0. The minimum Gasteiger partial charge on any atom is -0.298 e. The van der Waals surface area contributed by atoms with Gasteiger partial charge in [0.25, 0.3) is 0 Å². The summed E-state index contributed by atoms with van der Waals surface area (Å²) in [5.74, 6) is 0. The lowest BCUT2D eigenvalue weighted by molar-refractivity contribution is -0.105. The molecule has 0 aliphatic rings. The summed E-state index contributed by atoms with van der Waals surface area (Å²) in [4.78, 5) is 11.3. The van der Waals surface area contributed by atoms with Gasteiger partial charge in [-0.2, -0.15) is 0 Å². The fraction of sp³-hybridized carbons (Fsp3) is 0.897. The second-order valence-electron chi connectivity index (χ2n) is 9.51. The van der Waals surface area contributed by atoms with Crippen molar-refractivity contribution in [2.24, 2.45) is 0 Å². The molecule has 0 radical (unpaired) electrons. The van der Waals surface area contributed by atoms with E-state index in [4.69, 9.17) is 0 Å². The maximum absolute atomic E-state index is 11.3. The molecule has 1 nitrogen and oxygen atoms in total. The van der Waals surface area contributed by atoms with Gasteiger partial charge < -0.3 is 0 Å². The third-order valence-electron chi connectivity index (χ3n) is 6.43. The van der Waals surface area contributed by atoms with Crippen LogP contribution in [0.25, 0.3) is 0 Å². The third kappa shape index (κ3) is 23.7. The fourth-order valence-corrected chi connectivity index (χ4v) is 4.30. The van der Waals surface area contributed by atoms with Crippen molar-refractivity contribution in [2.45, 2.75) is 168 Å². The molecule has 0 aliphatic carbocycles. The molecule has 30 heavy (non-hydrogen) atoms. The topological polar surface area (TPSA) is 17.1 Å².